The highest BCUT2D eigenvalue weighted by Gasteiger charge is 2.09. The molecule has 0 aliphatic rings. The van der Waals surface area contributed by atoms with Crippen molar-refractivity contribution in [3.63, 3.8) is 0 Å². The van der Waals surface area contributed by atoms with Gasteiger partial charge in [0.1, 0.15) is 0 Å². The Bertz CT molecular complexity index is 314. The maximum Gasteiger partial charge on any atom is 0.222 e. The Labute approximate surface area is 106 Å². The number of thiophene rings is 1. The molecule has 1 heterocycles. The van der Waals surface area contributed by atoms with Gasteiger partial charge >= 0.3 is 0 Å². The minimum absolute atomic E-state index is 0.0876. The number of aliphatic hydroxyl groups excluding tert-OH is 1. The van der Waals surface area contributed by atoms with Gasteiger partial charge in [0.15, 0.2) is 0 Å². The summed E-state index contributed by atoms with van der Waals surface area (Å²) in [5.41, 5.74) is 0.845. The summed E-state index contributed by atoms with van der Waals surface area (Å²) >= 11 is 1.53. The summed E-state index contributed by atoms with van der Waals surface area (Å²) in [7, 11) is 0. The van der Waals surface area contributed by atoms with Crippen LogP contribution >= 0.6 is 11.3 Å². The van der Waals surface area contributed by atoms with Crippen LogP contribution in [0.15, 0.2) is 16.8 Å². The number of amides is 1. The molecule has 0 aromatic carbocycles. The van der Waals surface area contributed by atoms with Crippen LogP contribution in [0.25, 0.3) is 0 Å². The molecule has 17 heavy (non-hydrogen) atoms. The highest BCUT2D eigenvalue weighted by atomic mass is 32.1. The Morgan fingerprint density at radius 3 is 3.06 bits per heavy atom. The van der Waals surface area contributed by atoms with Crippen LogP contribution in [-0.4, -0.2) is 30.8 Å². The molecular weight excluding hydrogens is 238 g/mol. The first-order valence-corrected chi connectivity index (χ1v) is 6.73. The minimum atomic E-state index is -0.623. The van der Waals surface area contributed by atoms with E-state index in [-0.39, 0.29) is 12.5 Å². The van der Waals surface area contributed by atoms with E-state index in [4.69, 9.17) is 4.74 Å². The van der Waals surface area contributed by atoms with Gasteiger partial charge in [-0.2, -0.15) is 11.3 Å². The van der Waals surface area contributed by atoms with Crippen molar-refractivity contribution in [2.24, 2.45) is 0 Å². The second-order valence-electron chi connectivity index (χ2n) is 3.74. The van der Waals surface area contributed by atoms with Crippen molar-refractivity contribution >= 4 is 17.2 Å². The molecule has 1 atom stereocenters. The van der Waals surface area contributed by atoms with Gasteiger partial charge in [-0.25, -0.2) is 0 Å². The zero-order valence-electron chi connectivity index (χ0n) is 10.0. The van der Waals surface area contributed by atoms with Gasteiger partial charge < -0.3 is 15.2 Å². The van der Waals surface area contributed by atoms with Crippen LogP contribution < -0.4 is 5.32 Å². The van der Waals surface area contributed by atoms with Crippen molar-refractivity contribution in [3.8, 4) is 0 Å². The quantitative estimate of drug-likeness (QED) is 0.697. The van der Waals surface area contributed by atoms with E-state index >= 15 is 0 Å². The molecule has 1 aromatic heterocycles. The average molecular weight is 257 g/mol. The number of carbonyl (C=O) groups is 1. The Kier molecular flexibility index (Phi) is 6.84. The topological polar surface area (TPSA) is 58.6 Å². The summed E-state index contributed by atoms with van der Waals surface area (Å²) in [6, 6.07) is 1.85. The lowest BCUT2D eigenvalue weighted by molar-refractivity contribution is -0.122. The standard InChI is InChI=1S/C12H19NO3S/c1-2-5-16-6-3-12(15)13-8-11(14)10-4-7-17-9-10/h4,7,9,11,14H,2-3,5-6,8H2,1H3,(H,13,15). The second-order valence-corrected chi connectivity index (χ2v) is 4.52. The first-order valence-electron chi connectivity index (χ1n) is 5.78. The second kappa shape index (κ2) is 8.22. The lowest BCUT2D eigenvalue weighted by Crippen LogP contribution is -2.29. The summed E-state index contributed by atoms with van der Waals surface area (Å²) in [4.78, 5) is 11.4. The van der Waals surface area contributed by atoms with Crippen molar-refractivity contribution in [1.29, 1.82) is 0 Å². The van der Waals surface area contributed by atoms with Gasteiger partial charge in [0.05, 0.1) is 12.7 Å². The molecule has 96 valence electrons. The number of carbonyl (C=O) groups excluding carboxylic acids is 1. The van der Waals surface area contributed by atoms with Gasteiger partial charge in [0.2, 0.25) is 5.91 Å². The number of aliphatic hydroxyl groups is 1. The maximum atomic E-state index is 11.4. The Balaban J connectivity index is 2.11. The average Bonchev–Trinajstić information content (AvgIpc) is 2.85. The molecular formula is C12H19NO3S. The molecule has 1 rings (SSSR count). The van der Waals surface area contributed by atoms with Gasteiger partial charge in [-0.1, -0.05) is 6.92 Å². The number of hydrogen-bond acceptors (Lipinski definition) is 4. The van der Waals surface area contributed by atoms with Gasteiger partial charge in [-0.15, -0.1) is 0 Å². The van der Waals surface area contributed by atoms with E-state index in [1.807, 2.05) is 23.8 Å². The van der Waals surface area contributed by atoms with Crippen LogP contribution in [0.4, 0.5) is 0 Å². The van der Waals surface area contributed by atoms with Crippen LogP contribution in [0.3, 0.4) is 0 Å². The third-order valence-electron chi connectivity index (χ3n) is 2.24. The summed E-state index contributed by atoms with van der Waals surface area (Å²) in [6.45, 7) is 3.40. The SMILES string of the molecule is CCCOCCC(=O)NCC(O)c1ccsc1. The summed E-state index contributed by atoms with van der Waals surface area (Å²) < 4.78 is 5.21. The molecule has 1 aromatic rings. The van der Waals surface area contributed by atoms with Crippen molar-refractivity contribution in [3.05, 3.63) is 22.4 Å². The number of nitrogens with one attached hydrogen (secondary N) is 1. The third-order valence-corrected chi connectivity index (χ3v) is 2.94. The molecule has 0 spiro atoms. The number of hydrogen-bond donors (Lipinski definition) is 2. The molecule has 0 aliphatic carbocycles. The summed E-state index contributed by atoms with van der Waals surface area (Å²) in [5.74, 6) is -0.0876. The maximum absolute atomic E-state index is 11.4. The van der Waals surface area contributed by atoms with E-state index < -0.39 is 6.10 Å². The first-order chi connectivity index (χ1) is 8.24. The largest absolute Gasteiger partial charge is 0.387 e. The van der Waals surface area contributed by atoms with Crippen molar-refractivity contribution in [2.75, 3.05) is 19.8 Å². The monoisotopic (exact) mass is 257 g/mol. The highest BCUT2D eigenvalue weighted by Crippen LogP contribution is 2.14. The highest BCUT2D eigenvalue weighted by molar-refractivity contribution is 7.07. The zero-order chi connectivity index (χ0) is 12.5. The van der Waals surface area contributed by atoms with Gasteiger partial charge in [0, 0.05) is 19.6 Å². The Morgan fingerprint density at radius 1 is 1.59 bits per heavy atom. The molecule has 0 fully saturated rings. The van der Waals surface area contributed by atoms with E-state index in [0.29, 0.717) is 19.6 Å². The van der Waals surface area contributed by atoms with Crippen LogP contribution in [0.2, 0.25) is 0 Å². The smallest absolute Gasteiger partial charge is 0.222 e. The molecule has 5 heteroatoms. The molecule has 4 nitrogen and oxygen atoms in total. The van der Waals surface area contributed by atoms with E-state index in [9.17, 15) is 9.90 Å². The van der Waals surface area contributed by atoms with Crippen LogP contribution in [0, 0.1) is 0 Å². The van der Waals surface area contributed by atoms with Gasteiger partial charge in [0.25, 0.3) is 0 Å². The molecule has 0 saturated carbocycles. The van der Waals surface area contributed by atoms with Crippen molar-refractivity contribution in [2.45, 2.75) is 25.9 Å². The van der Waals surface area contributed by atoms with Crippen molar-refractivity contribution < 1.29 is 14.6 Å². The van der Waals surface area contributed by atoms with Crippen LogP contribution in [0.1, 0.15) is 31.4 Å². The van der Waals surface area contributed by atoms with E-state index in [0.717, 1.165) is 12.0 Å². The first kappa shape index (κ1) is 14.2. The van der Waals surface area contributed by atoms with Crippen LogP contribution in [0.5, 0.6) is 0 Å². The molecule has 2 N–H and O–H groups in total. The number of ether oxygens (including phenoxy) is 1. The molecule has 0 bridgehead atoms. The fraction of sp³-hybridized carbons (Fsp3) is 0.583. The Morgan fingerprint density at radius 2 is 2.41 bits per heavy atom. The number of rotatable bonds is 8. The van der Waals surface area contributed by atoms with Crippen LogP contribution in [-0.2, 0) is 9.53 Å². The molecule has 0 aliphatic heterocycles. The molecule has 0 saturated heterocycles. The zero-order valence-corrected chi connectivity index (χ0v) is 10.8. The van der Waals surface area contributed by atoms with E-state index in [1.54, 1.807) is 0 Å². The normalized spacial score (nSPS) is 12.4. The predicted octanol–water partition coefficient (Wildman–Crippen LogP) is 1.71. The lowest BCUT2D eigenvalue weighted by atomic mass is 10.2. The predicted molar refractivity (Wildman–Crippen MR) is 68.0 cm³/mol. The summed E-state index contributed by atoms with van der Waals surface area (Å²) in [5, 5.41) is 16.2. The Hall–Kier alpha value is -0.910. The van der Waals surface area contributed by atoms with E-state index in [2.05, 4.69) is 5.32 Å². The molecule has 0 radical (unpaired) electrons. The molecule has 1 unspecified atom stereocenters. The van der Waals surface area contributed by atoms with Crippen molar-refractivity contribution in [1.82, 2.24) is 5.32 Å². The molecule has 1 amide bonds. The summed E-state index contributed by atoms with van der Waals surface area (Å²) in [6.07, 6.45) is 0.677. The fourth-order valence-corrected chi connectivity index (χ4v) is 2.00. The lowest BCUT2D eigenvalue weighted by Gasteiger charge is -2.10. The third kappa shape index (κ3) is 5.81. The fourth-order valence-electron chi connectivity index (χ4n) is 1.29. The van der Waals surface area contributed by atoms with E-state index in [1.165, 1.54) is 11.3 Å². The minimum Gasteiger partial charge on any atom is -0.387 e. The van der Waals surface area contributed by atoms with Gasteiger partial charge in [-0.05, 0) is 28.8 Å². The van der Waals surface area contributed by atoms with Gasteiger partial charge in [-0.3, -0.25) is 4.79 Å².